The Morgan fingerprint density at radius 2 is 0.684 bits per heavy atom. The molecule has 11 heteroatoms. The molecular weight excluding hydrogens is 1040 g/mol. The molecule has 0 aliphatic heterocycles. The molecule has 79 heavy (non-hydrogen) atoms. The highest BCUT2D eigenvalue weighted by atomic mass is 32.2. The minimum atomic E-state index is -4.46. The lowest BCUT2D eigenvalue weighted by Gasteiger charge is -2.41. The largest absolute Gasteiger partial charge is 0.425 e. The van der Waals surface area contributed by atoms with E-state index in [4.69, 9.17) is 27.1 Å². The molecular formula is C68H116O8P2S. The van der Waals surface area contributed by atoms with Crippen molar-refractivity contribution in [3.8, 4) is 11.5 Å². The van der Waals surface area contributed by atoms with Crippen LogP contribution >= 0.6 is 17.2 Å². The van der Waals surface area contributed by atoms with Crippen LogP contribution in [0.2, 0.25) is 0 Å². The summed E-state index contributed by atoms with van der Waals surface area (Å²) in [5, 5.41) is 0. The Hall–Kier alpha value is -1.31. The highest BCUT2D eigenvalue weighted by Gasteiger charge is 2.44. The summed E-state index contributed by atoms with van der Waals surface area (Å²) in [7, 11) is -8.58. The van der Waals surface area contributed by atoms with Gasteiger partial charge in [-0.3, -0.25) is 18.1 Å². The Morgan fingerprint density at radius 3 is 0.911 bits per heavy atom. The zero-order chi connectivity index (χ0) is 58.7. The summed E-state index contributed by atoms with van der Waals surface area (Å²) in [5.41, 5.74) is 1.04. The molecule has 4 aliphatic carbocycles. The molecule has 0 radical (unpaired) electrons. The molecule has 0 bridgehead atoms. The zero-order valence-corrected chi connectivity index (χ0v) is 56.8. The van der Waals surface area contributed by atoms with Crippen molar-refractivity contribution in [3.63, 3.8) is 0 Å². The maximum absolute atomic E-state index is 16.8. The smallest absolute Gasteiger partial charge is 0.397 e. The molecule has 0 heterocycles. The van der Waals surface area contributed by atoms with E-state index in [9.17, 15) is 0 Å². The number of hydrogen-bond acceptors (Lipinski definition) is 8. The van der Waals surface area contributed by atoms with Gasteiger partial charge in [0.15, 0.2) is 0 Å². The first-order valence-electron chi connectivity index (χ1n) is 31.7. The number of sulfone groups is 1. The van der Waals surface area contributed by atoms with Crippen LogP contribution in [0.3, 0.4) is 0 Å². The third kappa shape index (κ3) is 18.4. The summed E-state index contributed by atoms with van der Waals surface area (Å²) in [6.45, 7) is 50.2. The number of hydrogen-bond donors (Lipinski definition) is 0. The van der Waals surface area contributed by atoms with Gasteiger partial charge in [-0.05, 0) is 192 Å². The van der Waals surface area contributed by atoms with Gasteiger partial charge < -0.3 is 9.05 Å². The maximum atomic E-state index is 16.8. The van der Waals surface area contributed by atoms with E-state index >= 15 is 8.42 Å². The van der Waals surface area contributed by atoms with E-state index in [1.807, 2.05) is 24.3 Å². The first-order valence-corrected chi connectivity index (χ1v) is 35.4. The Labute approximate surface area is 488 Å². The Bertz CT molecular complexity index is 2120. The van der Waals surface area contributed by atoms with Gasteiger partial charge in [0.05, 0.1) is 24.4 Å². The van der Waals surface area contributed by atoms with Crippen molar-refractivity contribution in [1.82, 2.24) is 0 Å². The van der Waals surface area contributed by atoms with Gasteiger partial charge >= 0.3 is 17.2 Å². The molecule has 0 N–H and O–H groups in total. The van der Waals surface area contributed by atoms with Crippen molar-refractivity contribution >= 4 is 27.0 Å². The molecule has 12 atom stereocenters. The average molecular weight is 1160 g/mol. The summed E-state index contributed by atoms with van der Waals surface area (Å²) < 4.78 is 77.3. The summed E-state index contributed by atoms with van der Waals surface area (Å²) in [5.74, 6) is 5.48. The molecule has 0 aromatic heterocycles. The summed E-state index contributed by atoms with van der Waals surface area (Å²) in [6, 6.07) is 11.8. The molecule has 2 aromatic rings. The number of rotatable bonds is 22. The van der Waals surface area contributed by atoms with Crippen LogP contribution in [0.1, 0.15) is 253 Å². The lowest BCUT2D eigenvalue weighted by atomic mass is 9.72. The van der Waals surface area contributed by atoms with E-state index in [0.29, 0.717) is 71.0 Å². The van der Waals surface area contributed by atoms with Crippen LogP contribution in [0, 0.1) is 81.8 Å². The van der Waals surface area contributed by atoms with E-state index in [0.717, 1.165) is 101 Å². The van der Waals surface area contributed by atoms with Gasteiger partial charge in [0.2, 0.25) is 9.84 Å². The first-order chi connectivity index (χ1) is 36.5. The average Bonchev–Trinajstić information content (AvgIpc) is 3.33. The van der Waals surface area contributed by atoms with Gasteiger partial charge in [-0.2, -0.15) is 0 Å². The monoisotopic (exact) mass is 1150 g/mol. The van der Waals surface area contributed by atoms with Crippen molar-refractivity contribution in [3.05, 3.63) is 47.5 Å². The molecule has 0 spiro atoms. The predicted octanol–water partition coefficient (Wildman–Crippen LogP) is 21.1. The van der Waals surface area contributed by atoms with E-state index in [-0.39, 0.29) is 67.4 Å². The fraction of sp³-hybridized carbons (Fsp3) is 0.824. The standard InChI is InChI=1S/C68H116O8P2S/c1-43(2)53-29-23-47(9)35-59(53)73-77(74-60-36-48(10)24-30-54(60)44(3)4)71-57-33-27-51(67(19,20)41-65(13,14)15)39-63(57)79(69,70)64-40-52(68(21,22)42-66(16,17)18)28-34-58(64)72-78(75-61-37-49(11)25-31-55(61)45(5)6)76-62-38-50(12)26-32-56(62)46(7)8/h27-28,33-34,39-40,43-50,53-56,59-62H,23-26,29-32,35-38,41-42H2,1-22H3/t47-,48-,49-,50-,53+,54+,55+,56+,59-,60-,61-,62-/m1/s1. The number of benzene rings is 2. The Balaban J connectivity index is 1.57. The minimum Gasteiger partial charge on any atom is -0.425 e. The van der Waals surface area contributed by atoms with Crippen molar-refractivity contribution in [2.75, 3.05) is 0 Å². The lowest BCUT2D eigenvalue weighted by Crippen LogP contribution is -2.36. The lowest BCUT2D eigenvalue weighted by molar-refractivity contribution is -0.00331. The predicted molar refractivity (Wildman–Crippen MR) is 332 cm³/mol. The van der Waals surface area contributed by atoms with Crippen LogP contribution in [0.5, 0.6) is 11.5 Å². The van der Waals surface area contributed by atoms with Gasteiger partial charge in [-0.25, -0.2) is 8.42 Å². The van der Waals surface area contributed by atoms with Crippen molar-refractivity contribution in [2.45, 2.75) is 287 Å². The second kappa shape index (κ2) is 27.4. The van der Waals surface area contributed by atoms with Crippen LogP contribution in [-0.4, -0.2) is 32.8 Å². The highest BCUT2D eigenvalue weighted by molar-refractivity contribution is 7.91. The van der Waals surface area contributed by atoms with E-state index in [1.165, 1.54) is 0 Å². The van der Waals surface area contributed by atoms with Crippen molar-refractivity contribution in [2.24, 2.45) is 81.8 Å². The van der Waals surface area contributed by atoms with Crippen LogP contribution in [0.25, 0.3) is 0 Å². The van der Waals surface area contributed by atoms with Crippen LogP contribution < -0.4 is 9.05 Å². The second-order valence-corrected chi connectivity index (χ2v) is 35.6. The molecule has 0 amide bonds. The quantitative estimate of drug-likeness (QED) is 0.108. The zero-order valence-electron chi connectivity index (χ0n) is 54.2. The van der Waals surface area contributed by atoms with Crippen LogP contribution in [0.15, 0.2) is 46.2 Å². The fourth-order valence-corrected chi connectivity index (χ4v) is 19.5. The molecule has 2 aromatic carbocycles. The SMILES string of the molecule is CC(C)[C@@H]1CC[C@@H](C)C[C@H]1OP(Oc1ccc(C(C)(C)CC(C)(C)C)cc1S(=O)(=O)c1cc(C(C)(C)CC(C)(C)C)ccc1OP(O[C@@H]1C[C@H](C)CC[C@H]1C(C)C)O[C@@H]1C[C@H](C)CC[C@H]1C(C)C)O[C@@H]1C[C@H](C)CC[C@H]1C(C)C. The molecule has 6 rings (SSSR count). The molecule has 0 unspecified atom stereocenters. The van der Waals surface area contributed by atoms with Crippen LogP contribution in [-0.2, 0) is 38.8 Å². The first kappa shape index (κ1) is 66.8. The molecule has 0 saturated heterocycles. The van der Waals surface area contributed by atoms with E-state index in [1.54, 1.807) is 0 Å². The molecule has 4 fully saturated rings. The van der Waals surface area contributed by atoms with Gasteiger partial charge in [-0.15, -0.1) is 0 Å². The van der Waals surface area contributed by atoms with Gasteiger partial charge in [-0.1, -0.05) is 190 Å². The van der Waals surface area contributed by atoms with Crippen molar-refractivity contribution < 1.29 is 35.6 Å². The summed E-state index contributed by atoms with van der Waals surface area (Å²) in [6.07, 6.45) is 14.0. The molecule has 4 saturated carbocycles. The van der Waals surface area contributed by atoms with E-state index in [2.05, 4.69) is 164 Å². The molecule has 452 valence electrons. The van der Waals surface area contributed by atoms with Crippen LogP contribution in [0.4, 0.5) is 0 Å². The summed E-state index contributed by atoms with van der Waals surface area (Å²) >= 11 is 0. The maximum Gasteiger partial charge on any atom is 0.397 e. The highest BCUT2D eigenvalue weighted by Crippen LogP contribution is 2.56. The third-order valence-corrected chi connectivity index (χ3v) is 23.3. The van der Waals surface area contributed by atoms with E-state index < -0.39 is 27.0 Å². The normalized spacial score (nSPS) is 29.1. The fourth-order valence-electron chi connectivity index (χ4n) is 15.1. The third-order valence-electron chi connectivity index (χ3n) is 19.1. The van der Waals surface area contributed by atoms with Crippen molar-refractivity contribution in [1.29, 1.82) is 0 Å². The minimum absolute atomic E-state index is 0.0253. The second-order valence-electron chi connectivity index (χ2n) is 31.6. The van der Waals surface area contributed by atoms with Gasteiger partial charge in [0.25, 0.3) is 0 Å². The Kier molecular flexibility index (Phi) is 23.2. The summed E-state index contributed by atoms with van der Waals surface area (Å²) in [4.78, 5) is 0.204. The topological polar surface area (TPSA) is 89.5 Å². The molecule has 4 aliphatic rings. The van der Waals surface area contributed by atoms with Gasteiger partial charge in [0.1, 0.15) is 21.3 Å². The molecule has 8 nitrogen and oxygen atoms in total. The Morgan fingerprint density at radius 1 is 0.430 bits per heavy atom. The van der Waals surface area contributed by atoms with Gasteiger partial charge in [0, 0.05) is 0 Å².